The van der Waals surface area contributed by atoms with E-state index in [4.69, 9.17) is 21.1 Å². The molecule has 0 bridgehead atoms. The number of anilines is 1. The molecular weight excluding hydrogens is 356 g/mol. The highest BCUT2D eigenvalue weighted by Crippen LogP contribution is 2.32. The highest BCUT2D eigenvalue weighted by molar-refractivity contribution is 6.32. The normalized spacial score (nSPS) is 11.0. The van der Waals surface area contributed by atoms with Crippen LogP contribution in [0.5, 0.6) is 5.75 Å². The largest absolute Gasteiger partial charge is 0.495 e. The Labute approximate surface area is 157 Å². The van der Waals surface area contributed by atoms with E-state index in [1.54, 1.807) is 45.2 Å². The molecule has 0 aliphatic carbocycles. The molecule has 0 fully saturated rings. The predicted octanol–water partition coefficient (Wildman–Crippen LogP) is 4.52. The van der Waals surface area contributed by atoms with E-state index in [0.717, 1.165) is 0 Å². The molecule has 1 heterocycles. The Morgan fingerprint density at radius 3 is 2.58 bits per heavy atom. The first-order valence-corrected chi connectivity index (χ1v) is 8.37. The second-order valence-electron chi connectivity index (χ2n) is 6.61. The molecule has 1 N–H and O–H groups in total. The molecular formula is C19H21ClN2O4. The van der Waals surface area contributed by atoms with E-state index < -0.39 is 11.7 Å². The number of ether oxygens (including phenoxy) is 2. The average Bonchev–Trinajstić information content (AvgIpc) is 2.56. The Morgan fingerprint density at radius 1 is 1.27 bits per heavy atom. The summed E-state index contributed by atoms with van der Waals surface area (Å²) in [7, 11) is 1.48. The van der Waals surface area contributed by atoms with Gasteiger partial charge in [0.1, 0.15) is 11.4 Å². The second-order valence-corrected chi connectivity index (χ2v) is 7.02. The molecule has 0 saturated carbocycles. The van der Waals surface area contributed by atoms with Crippen LogP contribution in [0.2, 0.25) is 5.02 Å². The van der Waals surface area contributed by atoms with Gasteiger partial charge in [-0.3, -0.25) is 15.1 Å². The molecule has 0 atom stereocenters. The molecule has 2 rings (SSSR count). The minimum Gasteiger partial charge on any atom is -0.495 e. The molecule has 1 aromatic carbocycles. The summed E-state index contributed by atoms with van der Waals surface area (Å²) in [4.78, 5) is 28.6. The molecule has 6 nitrogen and oxygen atoms in total. The number of aromatic nitrogens is 1. The SMILES string of the molecule is COc1cc(CC(=O)c2cccnc2)c(NC(=O)OC(C)(C)C)cc1Cl. The maximum absolute atomic E-state index is 12.5. The highest BCUT2D eigenvalue weighted by Gasteiger charge is 2.20. The van der Waals surface area contributed by atoms with Gasteiger partial charge in [0.15, 0.2) is 5.78 Å². The number of ketones is 1. The lowest BCUT2D eigenvalue weighted by atomic mass is 10.0. The Kier molecular flexibility index (Phi) is 6.21. The molecule has 0 aliphatic heterocycles. The monoisotopic (exact) mass is 376 g/mol. The van der Waals surface area contributed by atoms with Crippen molar-refractivity contribution >= 4 is 29.2 Å². The maximum atomic E-state index is 12.5. The third kappa shape index (κ3) is 5.46. The van der Waals surface area contributed by atoms with Crippen molar-refractivity contribution in [1.29, 1.82) is 0 Å². The molecule has 0 radical (unpaired) electrons. The van der Waals surface area contributed by atoms with Crippen LogP contribution < -0.4 is 10.1 Å². The van der Waals surface area contributed by atoms with Gasteiger partial charge >= 0.3 is 6.09 Å². The summed E-state index contributed by atoms with van der Waals surface area (Å²) in [6.45, 7) is 5.29. The summed E-state index contributed by atoms with van der Waals surface area (Å²) in [6.07, 6.45) is 2.51. The van der Waals surface area contributed by atoms with E-state index in [1.807, 2.05) is 0 Å². The smallest absolute Gasteiger partial charge is 0.412 e. The lowest BCUT2D eigenvalue weighted by Gasteiger charge is -2.21. The van der Waals surface area contributed by atoms with Gasteiger partial charge in [0.2, 0.25) is 0 Å². The van der Waals surface area contributed by atoms with Crippen LogP contribution in [0.4, 0.5) is 10.5 Å². The van der Waals surface area contributed by atoms with Crippen LogP contribution in [0, 0.1) is 0 Å². The van der Waals surface area contributed by atoms with Gasteiger partial charge in [0.05, 0.1) is 12.1 Å². The van der Waals surface area contributed by atoms with Crippen molar-refractivity contribution in [2.24, 2.45) is 0 Å². The Morgan fingerprint density at radius 2 is 2.00 bits per heavy atom. The Bertz CT molecular complexity index is 801. The number of hydrogen-bond donors (Lipinski definition) is 1. The summed E-state index contributed by atoms with van der Waals surface area (Å²) in [6, 6.07) is 6.54. The fourth-order valence-electron chi connectivity index (χ4n) is 2.23. The van der Waals surface area contributed by atoms with E-state index in [0.29, 0.717) is 27.6 Å². The molecule has 1 amide bonds. The van der Waals surface area contributed by atoms with Gasteiger partial charge in [-0.15, -0.1) is 0 Å². The van der Waals surface area contributed by atoms with Crippen molar-refractivity contribution in [3.8, 4) is 5.75 Å². The van der Waals surface area contributed by atoms with Crippen molar-refractivity contribution in [3.63, 3.8) is 0 Å². The summed E-state index contributed by atoms with van der Waals surface area (Å²) >= 11 is 6.16. The van der Waals surface area contributed by atoms with Crippen LogP contribution in [0.3, 0.4) is 0 Å². The van der Waals surface area contributed by atoms with Gasteiger partial charge in [0.25, 0.3) is 0 Å². The highest BCUT2D eigenvalue weighted by atomic mass is 35.5. The Balaban J connectivity index is 2.30. The zero-order valence-corrected chi connectivity index (χ0v) is 15.9. The standard InChI is InChI=1S/C19H21ClN2O4/c1-19(2,3)26-18(24)22-15-10-14(20)17(25-4)9-13(15)8-16(23)12-6-5-7-21-11-12/h5-7,9-11H,8H2,1-4H3,(H,22,24). The summed E-state index contributed by atoms with van der Waals surface area (Å²) in [5.41, 5.74) is 0.782. The molecule has 2 aromatic rings. The number of rotatable bonds is 5. The lowest BCUT2D eigenvalue weighted by molar-refractivity contribution is 0.0635. The van der Waals surface area contributed by atoms with Crippen molar-refractivity contribution in [1.82, 2.24) is 4.98 Å². The van der Waals surface area contributed by atoms with Gasteiger partial charge in [-0.2, -0.15) is 0 Å². The zero-order chi connectivity index (χ0) is 19.3. The first kappa shape index (κ1) is 19.7. The van der Waals surface area contributed by atoms with Gasteiger partial charge in [-0.1, -0.05) is 11.6 Å². The van der Waals surface area contributed by atoms with Crippen molar-refractivity contribution in [2.45, 2.75) is 32.8 Å². The number of hydrogen-bond acceptors (Lipinski definition) is 5. The van der Waals surface area contributed by atoms with Crippen molar-refractivity contribution in [3.05, 3.63) is 52.8 Å². The minimum absolute atomic E-state index is 0.0460. The third-order valence-electron chi connectivity index (χ3n) is 3.35. The number of carbonyl (C=O) groups is 2. The number of amides is 1. The molecule has 138 valence electrons. The number of halogens is 1. The van der Waals surface area contributed by atoms with Crippen molar-refractivity contribution < 1.29 is 19.1 Å². The fourth-order valence-corrected chi connectivity index (χ4v) is 2.47. The molecule has 1 aromatic heterocycles. The van der Waals surface area contributed by atoms with Gasteiger partial charge in [0, 0.05) is 30.1 Å². The number of benzene rings is 1. The molecule has 26 heavy (non-hydrogen) atoms. The van der Waals surface area contributed by atoms with E-state index >= 15 is 0 Å². The number of pyridine rings is 1. The van der Waals surface area contributed by atoms with Gasteiger partial charge in [-0.05, 0) is 50.6 Å². The number of methoxy groups -OCH3 is 1. The fraction of sp³-hybridized carbons (Fsp3) is 0.316. The van der Waals surface area contributed by atoms with Crippen LogP contribution in [-0.2, 0) is 11.2 Å². The number of nitrogens with one attached hydrogen (secondary N) is 1. The minimum atomic E-state index is -0.647. The van der Waals surface area contributed by atoms with E-state index in [1.165, 1.54) is 19.4 Å². The van der Waals surface area contributed by atoms with E-state index in [-0.39, 0.29) is 12.2 Å². The molecule has 0 saturated heterocycles. The average molecular weight is 377 g/mol. The topological polar surface area (TPSA) is 77.5 Å². The zero-order valence-electron chi connectivity index (χ0n) is 15.1. The van der Waals surface area contributed by atoms with Gasteiger partial charge < -0.3 is 9.47 Å². The Hall–Kier alpha value is -2.60. The number of nitrogens with zero attached hydrogens (tertiary/aromatic N) is 1. The summed E-state index contributed by atoms with van der Waals surface area (Å²) in [5, 5.41) is 2.96. The predicted molar refractivity (Wildman–Crippen MR) is 100 cm³/mol. The summed E-state index contributed by atoms with van der Waals surface area (Å²) < 4.78 is 10.5. The molecule has 7 heteroatoms. The van der Waals surface area contributed by atoms with Crippen LogP contribution in [0.1, 0.15) is 36.7 Å². The number of carbonyl (C=O) groups excluding carboxylic acids is 2. The summed E-state index contributed by atoms with van der Waals surface area (Å²) in [5.74, 6) is 0.269. The van der Waals surface area contributed by atoms with Crippen LogP contribution in [0.25, 0.3) is 0 Å². The number of Topliss-reactive ketones (excluding diaryl/α,β-unsaturated/α-hetero) is 1. The van der Waals surface area contributed by atoms with Gasteiger partial charge in [-0.25, -0.2) is 4.79 Å². The third-order valence-corrected chi connectivity index (χ3v) is 3.64. The van der Waals surface area contributed by atoms with E-state index in [9.17, 15) is 9.59 Å². The molecule has 0 unspecified atom stereocenters. The molecule has 0 spiro atoms. The first-order valence-electron chi connectivity index (χ1n) is 7.99. The quantitative estimate of drug-likeness (QED) is 0.776. The van der Waals surface area contributed by atoms with Crippen molar-refractivity contribution in [2.75, 3.05) is 12.4 Å². The van der Waals surface area contributed by atoms with E-state index in [2.05, 4.69) is 10.3 Å². The van der Waals surface area contributed by atoms with Crippen LogP contribution in [-0.4, -0.2) is 29.6 Å². The van der Waals surface area contributed by atoms with Crippen LogP contribution >= 0.6 is 11.6 Å². The lowest BCUT2D eigenvalue weighted by Crippen LogP contribution is -2.27. The van der Waals surface area contributed by atoms with Crippen LogP contribution in [0.15, 0.2) is 36.7 Å². The second kappa shape index (κ2) is 8.19. The molecule has 0 aliphatic rings. The maximum Gasteiger partial charge on any atom is 0.412 e. The first-order chi connectivity index (χ1) is 12.2.